The number of ether oxygens (including phenoxy) is 2. The maximum absolute atomic E-state index is 14.3. The van der Waals surface area contributed by atoms with E-state index in [4.69, 9.17) is 9.47 Å². The highest BCUT2D eigenvalue weighted by molar-refractivity contribution is 5.32. The van der Waals surface area contributed by atoms with Crippen LogP contribution in [0.1, 0.15) is 37.3 Å². The van der Waals surface area contributed by atoms with E-state index < -0.39 is 0 Å². The topological polar surface area (TPSA) is 30.5 Å². The SMILES string of the molecule is CNC(c1ccc(OC)cc1F)C1(OC)CCCC1. The average molecular weight is 267 g/mol. The third kappa shape index (κ3) is 2.60. The molecule has 0 radical (unpaired) electrons. The summed E-state index contributed by atoms with van der Waals surface area (Å²) < 4.78 is 25.1. The van der Waals surface area contributed by atoms with E-state index in [9.17, 15) is 4.39 Å². The Morgan fingerprint density at radius 1 is 1.26 bits per heavy atom. The molecule has 0 aromatic heterocycles. The van der Waals surface area contributed by atoms with Crippen molar-refractivity contribution in [2.75, 3.05) is 21.3 Å². The van der Waals surface area contributed by atoms with Crippen molar-refractivity contribution >= 4 is 0 Å². The van der Waals surface area contributed by atoms with Crippen molar-refractivity contribution in [1.29, 1.82) is 0 Å². The summed E-state index contributed by atoms with van der Waals surface area (Å²) in [4.78, 5) is 0. The third-order valence-electron chi connectivity index (χ3n) is 4.19. The van der Waals surface area contributed by atoms with Gasteiger partial charge in [0, 0.05) is 18.7 Å². The molecule has 0 aliphatic heterocycles. The fraction of sp³-hybridized carbons (Fsp3) is 0.600. The lowest BCUT2D eigenvalue weighted by Crippen LogP contribution is -2.42. The first-order chi connectivity index (χ1) is 9.16. The van der Waals surface area contributed by atoms with E-state index in [0.717, 1.165) is 25.7 Å². The molecule has 0 bridgehead atoms. The molecule has 1 aromatic rings. The van der Waals surface area contributed by atoms with Gasteiger partial charge < -0.3 is 14.8 Å². The van der Waals surface area contributed by atoms with Crippen LogP contribution in [0.15, 0.2) is 18.2 Å². The average Bonchev–Trinajstić information content (AvgIpc) is 2.91. The summed E-state index contributed by atoms with van der Waals surface area (Å²) in [5, 5.41) is 3.22. The van der Waals surface area contributed by atoms with Gasteiger partial charge in [-0.05, 0) is 26.0 Å². The van der Waals surface area contributed by atoms with Gasteiger partial charge in [0.1, 0.15) is 11.6 Å². The van der Waals surface area contributed by atoms with Gasteiger partial charge in [-0.15, -0.1) is 0 Å². The smallest absolute Gasteiger partial charge is 0.131 e. The number of hydrogen-bond donors (Lipinski definition) is 1. The zero-order valence-electron chi connectivity index (χ0n) is 11.8. The molecule has 1 atom stereocenters. The van der Waals surface area contributed by atoms with Gasteiger partial charge in [0.2, 0.25) is 0 Å². The Balaban J connectivity index is 2.36. The van der Waals surface area contributed by atoms with Crippen LogP contribution < -0.4 is 10.1 Å². The zero-order valence-corrected chi connectivity index (χ0v) is 11.8. The Morgan fingerprint density at radius 3 is 2.42 bits per heavy atom. The quantitative estimate of drug-likeness (QED) is 0.889. The highest BCUT2D eigenvalue weighted by atomic mass is 19.1. The molecule has 0 spiro atoms. The van der Waals surface area contributed by atoms with Crippen LogP contribution >= 0.6 is 0 Å². The lowest BCUT2D eigenvalue weighted by molar-refractivity contribution is -0.0357. The van der Waals surface area contributed by atoms with Gasteiger partial charge in [0.15, 0.2) is 0 Å². The maximum atomic E-state index is 14.3. The number of hydrogen-bond acceptors (Lipinski definition) is 3. The lowest BCUT2D eigenvalue weighted by atomic mass is 9.86. The minimum atomic E-state index is -0.301. The largest absolute Gasteiger partial charge is 0.497 e. The molecule has 19 heavy (non-hydrogen) atoms. The monoisotopic (exact) mass is 267 g/mol. The van der Waals surface area contributed by atoms with Crippen LogP contribution in [0.4, 0.5) is 4.39 Å². The number of rotatable bonds is 5. The van der Waals surface area contributed by atoms with Crippen LogP contribution in [0.5, 0.6) is 5.75 Å². The van der Waals surface area contributed by atoms with Crippen molar-refractivity contribution < 1.29 is 13.9 Å². The number of likely N-dealkylation sites (N-methyl/N-ethyl adjacent to an activating group) is 1. The number of benzene rings is 1. The fourth-order valence-corrected chi connectivity index (χ4v) is 3.16. The Morgan fingerprint density at radius 2 is 1.95 bits per heavy atom. The molecular formula is C15H22FNO2. The van der Waals surface area contributed by atoms with Gasteiger partial charge in [-0.2, -0.15) is 0 Å². The van der Waals surface area contributed by atoms with Crippen LogP contribution in [0.25, 0.3) is 0 Å². The third-order valence-corrected chi connectivity index (χ3v) is 4.19. The summed E-state index contributed by atoms with van der Waals surface area (Å²) in [6.07, 6.45) is 4.18. The second-order valence-corrected chi connectivity index (χ2v) is 5.09. The Labute approximate surface area is 114 Å². The summed E-state index contributed by atoms with van der Waals surface area (Å²) in [5.74, 6) is 0.288. The molecule has 1 saturated carbocycles. The van der Waals surface area contributed by atoms with E-state index in [-0.39, 0.29) is 17.5 Å². The standard InChI is InChI=1S/C15H22FNO2/c1-17-14(15(19-3)8-4-5-9-15)12-7-6-11(18-2)10-13(12)16/h6-7,10,14,17H,4-5,8-9H2,1-3H3. The van der Waals surface area contributed by atoms with Crippen LogP contribution in [-0.4, -0.2) is 26.9 Å². The zero-order chi connectivity index (χ0) is 13.9. The number of methoxy groups -OCH3 is 2. The summed E-state index contributed by atoms with van der Waals surface area (Å²) in [6.45, 7) is 0. The molecule has 1 aromatic carbocycles. The Kier molecular flexibility index (Phi) is 4.42. The first kappa shape index (κ1) is 14.3. The first-order valence-corrected chi connectivity index (χ1v) is 6.72. The van der Waals surface area contributed by atoms with Gasteiger partial charge in [-0.25, -0.2) is 4.39 Å². The van der Waals surface area contributed by atoms with Gasteiger partial charge in [-0.1, -0.05) is 18.9 Å². The second-order valence-electron chi connectivity index (χ2n) is 5.09. The molecule has 0 amide bonds. The van der Waals surface area contributed by atoms with Crippen LogP contribution in [0.3, 0.4) is 0 Å². The molecule has 0 heterocycles. The molecule has 1 unspecified atom stereocenters. The van der Waals surface area contributed by atoms with Crippen molar-refractivity contribution in [3.05, 3.63) is 29.6 Å². The molecule has 3 nitrogen and oxygen atoms in total. The predicted octanol–water partition coefficient (Wildman–Crippen LogP) is 3.05. The van der Waals surface area contributed by atoms with E-state index in [1.165, 1.54) is 13.2 Å². The maximum Gasteiger partial charge on any atom is 0.131 e. The molecule has 106 valence electrons. The van der Waals surface area contributed by atoms with Crippen LogP contribution in [-0.2, 0) is 4.74 Å². The van der Waals surface area contributed by atoms with Gasteiger partial charge in [0.25, 0.3) is 0 Å². The van der Waals surface area contributed by atoms with Crippen molar-refractivity contribution in [3.63, 3.8) is 0 Å². The minimum absolute atomic E-state index is 0.133. The van der Waals surface area contributed by atoms with Crippen molar-refractivity contribution in [1.82, 2.24) is 5.32 Å². The van der Waals surface area contributed by atoms with E-state index in [2.05, 4.69) is 5.32 Å². The van der Waals surface area contributed by atoms with Crippen LogP contribution in [0.2, 0.25) is 0 Å². The second kappa shape index (κ2) is 5.88. The highest BCUT2D eigenvalue weighted by Crippen LogP contribution is 2.43. The van der Waals surface area contributed by atoms with Crippen molar-refractivity contribution in [2.24, 2.45) is 0 Å². The lowest BCUT2D eigenvalue weighted by Gasteiger charge is -2.36. The summed E-state index contributed by atoms with van der Waals surface area (Å²) in [6, 6.07) is 4.87. The molecule has 2 rings (SSSR count). The molecule has 1 aliphatic carbocycles. The van der Waals surface area contributed by atoms with Crippen molar-refractivity contribution in [3.8, 4) is 5.75 Å². The Hall–Kier alpha value is -1.13. The van der Waals surface area contributed by atoms with E-state index in [1.807, 2.05) is 7.05 Å². The fourth-order valence-electron chi connectivity index (χ4n) is 3.16. The Bertz CT molecular complexity index is 430. The predicted molar refractivity (Wildman–Crippen MR) is 73.0 cm³/mol. The normalized spacial score (nSPS) is 19.4. The number of halogens is 1. The molecular weight excluding hydrogens is 245 g/mol. The molecule has 0 saturated heterocycles. The van der Waals surface area contributed by atoms with E-state index in [1.54, 1.807) is 19.2 Å². The number of nitrogens with one attached hydrogen (secondary N) is 1. The van der Waals surface area contributed by atoms with Gasteiger partial charge in [-0.3, -0.25) is 0 Å². The van der Waals surface area contributed by atoms with E-state index in [0.29, 0.717) is 11.3 Å². The summed E-state index contributed by atoms with van der Waals surface area (Å²) >= 11 is 0. The van der Waals surface area contributed by atoms with E-state index >= 15 is 0 Å². The summed E-state index contributed by atoms with van der Waals surface area (Å²) in [7, 11) is 5.11. The van der Waals surface area contributed by atoms with Crippen molar-refractivity contribution in [2.45, 2.75) is 37.3 Å². The molecule has 1 fully saturated rings. The molecule has 4 heteroatoms. The molecule has 1 N–H and O–H groups in total. The highest BCUT2D eigenvalue weighted by Gasteiger charge is 2.42. The van der Waals surface area contributed by atoms with Gasteiger partial charge in [0.05, 0.1) is 18.8 Å². The minimum Gasteiger partial charge on any atom is -0.497 e. The van der Waals surface area contributed by atoms with Gasteiger partial charge >= 0.3 is 0 Å². The first-order valence-electron chi connectivity index (χ1n) is 6.72. The van der Waals surface area contributed by atoms with Crippen LogP contribution in [0, 0.1) is 5.82 Å². The molecule has 1 aliphatic rings. The summed E-state index contributed by atoms with van der Waals surface area (Å²) in [5.41, 5.74) is 0.344.